The lowest BCUT2D eigenvalue weighted by molar-refractivity contribution is -0.135. The van der Waals surface area contributed by atoms with Crippen molar-refractivity contribution >= 4 is 5.91 Å². The number of hydrogen-bond acceptors (Lipinski definition) is 2. The number of aliphatic hydroxyl groups excluding tert-OH is 1. The summed E-state index contributed by atoms with van der Waals surface area (Å²) in [6, 6.07) is 0. The Bertz CT molecular complexity index is 214. The van der Waals surface area contributed by atoms with Crippen LogP contribution in [0.3, 0.4) is 0 Å². The van der Waals surface area contributed by atoms with Crippen molar-refractivity contribution in [1.29, 1.82) is 0 Å². The fourth-order valence-corrected chi connectivity index (χ4v) is 1.93. The van der Waals surface area contributed by atoms with Crippen molar-refractivity contribution in [3.05, 3.63) is 0 Å². The number of hydrogen-bond donors (Lipinski definition) is 1. The zero-order valence-corrected chi connectivity index (χ0v) is 10.1. The van der Waals surface area contributed by atoms with Crippen LogP contribution in [-0.4, -0.2) is 35.6 Å². The van der Waals surface area contributed by atoms with Gasteiger partial charge in [0.05, 0.1) is 6.10 Å². The maximum Gasteiger partial charge on any atom is 0.225 e. The van der Waals surface area contributed by atoms with Gasteiger partial charge in [-0.15, -0.1) is 0 Å². The molecular weight excluding hydrogens is 190 g/mol. The van der Waals surface area contributed by atoms with E-state index in [0.29, 0.717) is 12.5 Å². The van der Waals surface area contributed by atoms with Crippen molar-refractivity contribution in [2.75, 3.05) is 13.6 Å². The van der Waals surface area contributed by atoms with Crippen molar-refractivity contribution in [3.8, 4) is 0 Å². The second-order valence-electron chi connectivity index (χ2n) is 4.81. The molecule has 2 unspecified atom stereocenters. The monoisotopic (exact) mass is 213 g/mol. The molecule has 0 radical (unpaired) electrons. The van der Waals surface area contributed by atoms with Crippen molar-refractivity contribution in [2.24, 2.45) is 11.8 Å². The van der Waals surface area contributed by atoms with Gasteiger partial charge < -0.3 is 10.0 Å². The molecule has 0 aromatic carbocycles. The summed E-state index contributed by atoms with van der Waals surface area (Å²) in [6.45, 7) is 4.55. The van der Waals surface area contributed by atoms with Gasteiger partial charge in [-0.2, -0.15) is 0 Å². The molecule has 1 rings (SSSR count). The van der Waals surface area contributed by atoms with Gasteiger partial charge in [0, 0.05) is 19.5 Å². The van der Waals surface area contributed by atoms with E-state index in [-0.39, 0.29) is 17.9 Å². The van der Waals surface area contributed by atoms with Crippen LogP contribution in [0.15, 0.2) is 0 Å². The number of rotatable bonds is 6. The Balaban J connectivity index is 2.30. The maximum absolute atomic E-state index is 11.8. The molecule has 1 aliphatic carbocycles. The molecule has 0 aromatic heterocycles. The first-order valence-corrected chi connectivity index (χ1v) is 5.99. The van der Waals surface area contributed by atoms with E-state index in [1.165, 1.54) is 0 Å². The first-order chi connectivity index (χ1) is 7.06. The smallest absolute Gasteiger partial charge is 0.225 e. The third kappa shape index (κ3) is 3.82. The van der Waals surface area contributed by atoms with Gasteiger partial charge in [-0.25, -0.2) is 0 Å². The largest absolute Gasteiger partial charge is 0.391 e. The molecule has 0 bridgehead atoms. The summed E-state index contributed by atoms with van der Waals surface area (Å²) in [4.78, 5) is 13.5. The molecule has 1 aliphatic rings. The minimum atomic E-state index is -0.312. The van der Waals surface area contributed by atoms with Crippen LogP contribution in [-0.2, 0) is 4.79 Å². The van der Waals surface area contributed by atoms with Gasteiger partial charge in [0.2, 0.25) is 5.91 Å². The fraction of sp³-hybridized carbons (Fsp3) is 0.917. The normalized spacial score (nSPS) is 19.7. The number of amides is 1. The van der Waals surface area contributed by atoms with Crippen LogP contribution in [0.25, 0.3) is 0 Å². The Labute approximate surface area is 92.5 Å². The van der Waals surface area contributed by atoms with Crippen LogP contribution >= 0.6 is 0 Å². The van der Waals surface area contributed by atoms with E-state index in [9.17, 15) is 9.90 Å². The summed E-state index contributed by atoms with van der Waals surface area (Å²) in [5.41, 5.74) is 0. The molecule has 0 spiro atoms. The molecule has 0 saturated heterocycles. The van der Waals surface area contributed by atoms with E-state index in [1.807, 2.05) is 6.92 Å². The average molecular weight is 213 g/mol. The van der Waals surface area contributed by atoms with E-state index < -0.39 is 0 Å². The molecule has 3 heteroatoms. The SMILES string of the molecule is CCCC(C)C(=O)N(C)CC(O)C1CC1. The van der Waals surface area contributed by atoms with Gasteiger partial charge in [0.25, 0.3) is 0 Å². The summed E-state index contributed by atoms with van der Waals surface area (Å²) in [7, 11) is 1.79. The van der Waals surface area contributed by atoms with Crippen LogP contribution in [0.5, 0.6) is 0 Å². The van der Waals surface area contributed by atoms with Gasteiger partial charge >= 0.3 is 0 Å². The Hall–Kier alpha value is -0.570. The van der Waals surface area contributed by atoms with Crippen LogP contribution < -0.4 is 0 Å². The Morgan fingerprint density at radius 3 is 2.60 bits per heavy atom. The molecule has 3 nitrogen and oxygen atoms in total. The van der Waals surface area contributed by atoms with Crippen molar-refractivity contribution in [3.63, 3.8) is 0 Å². The molecule has 1 saturated carbocycles. The zero-order chi connectivity index (χ0) is 11.4. The molecular formula is C12H23NO2. The van der Waals surface area contributed by atoms with Crippen LogP contribution in [0.4, 0.5) is 0 Å². The molecule has 0 aliphatic heterocycles. The Kier molecular flexibility index (Phi) is 4.58. The van der Waals surface area contributed by atoms with Gasteiger partial charge in [0.1, 0.15) is 0 Å². The highest BCUT2D eigenvalue weighted by molar-refractivity contribution is 5.78. The predicted octanol–water partition coefficient (Wildman–Crippen LogP) is 1.65. The highest BCUT2D eigenvalue weighted by atomic mass is 16.3. The molecule has 15 heavy (non-hydrogen) atoms. The predicted molar refractivity (Wildman–Crippen MR) is 60.4 cm³/mol. The fourth-order valence-electron chi connectivity index (χ4n) is 1.93. The number of carbonyl (C=O) groups is 1. The standard InChI is InChI=1S/C12H23NO2/c1-4-5-9(2)12(15)13(3)8-11(14)10-6-7-10/h9-11,14H,4-8H2,1-3H3. The van der Waals surface area contributed by atoms with Crippen LogP contribution in [0.2, 0.25) is 0 Å². The highest BCUT2D eigenvalue weighted by Gasteiger charge is 2.31. The molecule has 0 heterocycles. The Morgan fingerprint density at radius 2 is 2.13 bits per heavy atom. The second kappa shape index (κ2) is 5.50. The summed E-state index contributed by atoms with van der Waals surface area (Å²) in [5.74, 6) is 0.699. The quantitative estimate of drug-likeness (QED) is 0.729. The minimum absolute atomic E-state index is 0.0893. The van der Waals surface area contributed by atoms with Gasteiger partial charge in [-0.05, 0) is 25.2 Å². The van der Waals surface area contributed by atoms with E-state index in [0.717, 1.165) is 25.7 Å². The second-order valence-corrected chi connectivity index (χ2v) is 4.81. The molecule has 2 atom stereocenters. The number of likely N-dealkylation sites (N-methyl/N-ethyl adjacent to an activating group) is 1. The third-order valence-corrected chi connectivity index (χ3v) is 3.15. The van der Waals surface area contributed by atoms with E-state index in [1.54, 1.807) is 11.9 Å². The molecule has 1 fully saturated rings. The summed E-state index contributed by atoms with van der Waals surface area (Å²) >= 11 is 0. The number of carbonyl (C=O) groups excluding carboxylic acids is 1. The van der Waals surface area contributed by atoms with Crippen molar-refractivity contribution in [2.45, 2.75) is 45.6 Å². The lowest BCUT2D eigenvalue weighted by Crippen LogP contribution is -2.38. The molecule has 1 N–H and O–H groups in total. The van der Waals surface area contributed by atoms with Gasteiger partial charge in [0.15, 0.2) is 0 Å². The zero-order valence-electron chi connectivity index (χ0n) is 10.1. The lowest BCUT2D eigenvalue weighted by Gasteiger charge is -2.23. The summed E-state index contributed by atoms with van der Waals surface area (Å²) in [6.07, 6.45) is 3.89. The molecule has 88 valence electrons. The summed E-state index contributed by atoms with van der Waals surface area (Å²) in [5, 5.41) is 9.73. The summed E-state index contributed by atoms with van der Waals surface area (Å²) < 4.78 is 0. The number of nitrogens with zero attached hydrogens (tertiary/aromatic N) is 1. The van der Waals surface area contributed by atoms with Crippen molar-refractivity contribution in [1.82, 2.24) is 4.90 Å². The van der Waals surface area contributed by atoms with Gasteiger partial charge in [-0.1, -0.05) is 20.3 Å². The van der Waals surface area contributed by atoms with Gasteiger partial charge in [-0.3, -0.25) is 4.79 Å². The van der Waals surface area contributed by atoms with E-state index in [4.69, 9.17) is 0 Å². The lowest BCUT2D eigenvalue weighted by atomic mass is 10.0. The molecule has 1 amide bonds. The first kappa shape index (κ1) is 12.5. The topological polar surface area (TPSA) is 40.5 Å². The maximum atomic E-state index is 11.8. The van der Waals surface area contributed by atoms with Crippen LogP contribution in [0.1, 0.15) is 39.5 Å². The van der Waals surface area contributed by atoms with E-state index >= 15 is 0 Å². The van der Waals surface area contributed by atoms with Crippen molar-refractivity contribution < 1.29 is 9.90 Å². The third-order valence-electron chi connectivity index (χ3n) is 3.15. The number of aliphatic hydroxyl groups is 1. The average Bonchev–Trinajstić information content (AvgIpc) is 2.99. The Morgan fingerprint density at radius 1 is 1.53 bits per heavy atom. The first-order valence-electron chi connectivity index (χ1n) is 5.99. The molecule has 0 aromatic rings. The minimum Gasteiger partial charge on any atom is -0.391 e. The van der Waals surface area contributed by atoms with Crippen LogP contribution in [0, 0.1) is 11.8 Å². The highest BCUT2D eigenvalue weighted by Crippen LogP contribution is 2.32. The van der Waals surface area contributed by atoms with E-state index in [2.05, 4.69) is 6.92 Å².